The van der Waals surface area contributed by atoms with E-state index in [0.717, 1.165) is 39.1 Å². The number of benzene rings is 1. The van der Waals surface area contributed by atoms with E-state index in [-0.39, 0.29) is 17.5 Å². The Bertz CT molecular complexity index is 687. The van der Waals surface area contributed by atoms with Crippen LogP contribution in [0.25, 0.3) is 0 Å². The molecule has 2 saturated heterocycles. The van der Waals surface area contributed by atoms with E-state index in [4.69, 9.17) is 4.74 Å². The molecule has 3 rings (SSSR count). The van der Waals surface area contributed by atoms with Gasteiger partial charge in [0.05, 0.1) is 0 Å². The van der Waals surface area contributed by atoms with Crippen LogP contribution in [0.4, 0.5) is 10.5 Å². The molecule has 0 radical (unpaired) electrons. The van der Waals surface area contributed by atoms with Crippen molar-refractivity contribution in [3.8, 4) is 0 Å². The first-order valence-electron chi connectivity index (χ1n) is 10.1. The normalized spacial score (nSPS) is 19.3. The largest absolute Gasteiger partial charge is 0.381 e. The number of piperazine rings is 1. The van der Waals surface area contributed by atoms with E-state index in [1.807, 2.05) is 31.7 Å². The van der Waals surface area contributed by atoms with Gasteiger partial charge in [0.25, 0.3) is 5.91 Å². The first kappa shape index (κ1) is 20.6. The summed E-state index contributed by atoms with van der Waals surface area (Å²) in [5, 5.41) is 5.87. The van der Waals surface area contributed by atoms with E-state index in [1.165, 1.54) is 0 Å². The Morgan fingerprint density at radius 1 is 1.07 bits per heavy atom. The van der Waals surface area contributed by atoms with E-state index in [9.17, 15) is 9.59 Å². The number of rotatable bonds is 3. The van der Waals surface area contributed by atoms with Crippen molar-refractivity contribution in [1.82, 2.24) is 15.1 Å². The van der Waals surface area contributed by atoms with Gasteiger partial charge >= 0.3 is 6.03 Å². The summed E-state index contributed by atoms with van der Waals surface area (Å²) in [5.41, 5.74) is 0.871. The quantitative estimate of drug-likeness (QED) is 0.835. The molecule has 2 aliphatic rings. The second-order valence-corrected chi connectivity index (χ2v) is 8.58. The highest BCUT2D eigenvalue weighted by atomic mass is 16.5. The van der Waals surface area contributed by atoms with Gasteiger partial charge in [-0.15, -0.1) is 0 Å². The first-order valence-corrected chi connectivity index (χ1v) is 10.1. The minimum Gasteiger partial charge on any atom is -0.381 e. The molecule has 154 valence electrons. The van der Waals surface area contributed by atoms with Crippen LogP contribution < -0.4 is 10.6 Å². The van der Waals surface area contributed by atoms with Gasteiger partial charge in [-0.3, -0.25) is 9.69 Å². The zero-order chi connectivity index (χ0) is 20.1. The Morgan fingerprint density at radius 3 is 2.39 bits per heavy atom. The Morgan fingerprint density at radius 2 is 1.75 bits per heavy atom. The van der Waals surface area contributed by atoms with Crippen molar-refractivity contribution in [3.05, 3.63) is 29.8 Å². The molecular weight excluding hydrogens is 356 g/mol. The maximum atomic E-state index is 12.6. The van der Waals surface area contributed by atoms with E-state index < -0.39 is 0 Å². The molecule has 2 N–H and O–H groups in total. The lowest BCUT2D eigenvalue weighted by molar-refractivity contribution is 0.0194. The SMILES string of the molecule is CC(C)(C)NC(=O)c1cccc(NC(=O)N2CCN(C3CCOCC3)CC2)c1. The fourth-order valence-corrected chi connectivity index (χ4v) is 3.69. The Labute approximate surface area is 167 Å². The smallest absolute Gasteiger partial charge is 0.321 e. The fraction of sp³-hybridized carbons (Fsp3) is 0.619. The molecule has 1 aromatic rings. The van der Waals surface area contributed by atoms with Crippen molar-refractivity contribution < 1.29 is 14.3 Å². The predicted molar refractivity (Wildman–Crippen MR) is 110 cm³/mol. The minimum absolute atomic E-state index is 0.111. The molecule has 0 aromatic heterocycles. The van der Waals surface area contributed by atoms with Gasteiger partial charge in [0.15, 0.2) is 0 Å². The molecule has 7 nitrogen and oxygen atoms in total. The molecule has 2 heterocycles. The summed E-state index contributed by atoms with van der Waals surface area (Å²) in [6, 6.07) is 7.54. The van der Waals surface area contributed by atoms with Gasteiger partial charge in [0, 0.05) is 62.2 Å². The average molecular weight is 389 g/mol. The number of nitrogens with one attached hydrogen (secondary N) is 2. The third-order valence-electron chi connectivity index (χ3n) is 5.17. The van der Waals surface area contributed by atoms with Gasteiger partial charge in [-0.1, -0.05) is 6.07 Å². The maximum Gasteiger partial charge on any atom is 0.321 e. The molecule has 0 atom stereocenters. The fourth-order valence-electron chi connectivity index (χ4n) is 3.69. The standard InChI is InChI=1S/C21H32N4O3/c1-21(2,3)23-19(26)16-5-4-6-17(15-16)22-20(27)25-11-9-24(10-12-25)18-7-13-28-14-8-18/h4-6,15,18H,7-14H2,1-3H3,(H,22,27)(H,23,26). The van der Waals surface area contributed by atoms with Crippen LogP contribution in [-0.2, 0) is 4.74 Å². The summed E-state index contributed by atoms with van der Waals surface area (Å²) in [7, 11) is 0. The second kappa shape index (κ2) is 8.92. The predicted octanol–water partition coefficient (Wildman–Crippen LogP) is 2.54. The summed E-state index contributed by atoms with van der Waals surface area (Å²) >= 11 is 0. The summed E-state index contributed by atoms with van der Waals surface area (Å²) in [6.45, 7) is 10.7. The van der Waals surface area contributed by atoms with Gasteiger partial charge in [-0.25, -0.2) is 4.79 Å². The number of ether oxygens (including phenoxy) is 1. The van der Waals surface area contributed by atoms with Crippen LogP contribution in [0, 0.1) is 0 Å². The number of urea groups is 1. The van der Waals surface area contributed by atoms with Crippen molar-refractivity contribution in [2.75, 3.05) is 44.7 Å². The van der Waals surface area contributed by atoms with Crippen LogP contribution in [0.5, 0.6) is 0 Å². The summed E-state index contributed by atoms with van der Waals surface area (Å²) < 4.78 is 5.44. The van der Waals surface area contributed by atoms with Gasteiger partial charge in [0.1, 0.15) is 0 Å². The number of carbonyl (C=O) groups is 2. The monoisotopic (exact) mass is 388 g/mol. The molecule has 0 bridgehead atoms. The molecule has 7 heteroatoms. The molecule has 1 aromatic carbocycles. The number of carbonyl (C=O) groups excluding carboxylic acids is 2. The number of nitrogens with zero attached hydrogens (tertiary/aromatic N) is 2. The second-order valence-electron chi connectivity index (χ2n) is 8.58. The Kier molecular flexibility index (Phi) is 6.57. The number of hydrogen-bond donors (Lipinski definition) is 2. The van der Waals surface area contributed by atoms with Crippen LogP contribution in [-0.4, -0.2) is 72.7 Å². The number of anilines is 1. The highest BCUT2D eigenvalue weighted by Crippen LogP contribution is 2.18. The zero-order valence-corrected chi connectivity index (χ0v) is 17.2. The third kappa shape index (κ3) is 5.69. The Hall–Kier alpha value is -2.12. The van der Waals surface area contributed by atoms with Crippen molar-refractivity contribution in [1.29, 1.82) is 0 Å². The molecule has 2 aliphatic heterocycles. The van der Waals surface area contributed by atoms with Gasteiger partial charge in [-0.05, 0) is 51.8 Å². The Balaban J connectivity index is 1.52. The summed E-state index contributed by atoms with van der Waals surface area (Å²) in [5.74, 6) is -0.145. The highest BCUT2D eigenvalue weighted by Gasteiger charge is 2.27. The topological polar surface area (TPSA) is 73.9 Å². The van der Waals surface area contributed by atoms with Crippen LogP contribution in [0.1, 0.15) is 44.0 Å². The molecular formula is C21H32N4O3. The molecule has 28 heavy (non-hydrogen) atoms. The van der Waals surface area contributed by atoms with Gasteiger partial charge in [-0.2, -0.15) is 0 Å². The van der Waals surface area contributed by atoms with Gasteiger partial charge in [0.2, 0.25) is 0 Å². The molecule has 0 unspecified atom stereocenters. The number of hydrogen-bond acceptors (Lipinski definition) is 4. The van der Waals surface area contributed by atoms with Crippen LogP contribution in [0.15, 0.2) is 24.3 Å². The minimum atomic E-state index is -0.305. The summed E-state index contributed by atoms with van der Waals surface area (Å²) in [4.78, 5) is 29.3. The average Bonchev–Trinajstić information content (AvgIpc) is 2.68. The zero-order valence-electron chi connectivity index (χ0n) is 17.2. The van der Waals surface area contributed by atoms with Crippen molar-refractivity contribution in [3.63, 3.8) is 0 Å². The lowest BCUT2D eigenvalue weighted by atomic mass is 10.1. The lowest BCUT2D eigenvalue weighted by Gasteiger charge is -2.40. The van der Waals surface area contributed by atoms with E-state index in [1.54, 1.807) is 18.2 Å². The molecule has 3 amide bonds. The summed E-state index contributed by atoms with van der Waals surface area (Å²) in [6.07, 6.45) is 2.16. The van der Waals surface area contributed by atoms with Crippen LogP contribution in [0.2, 0.25) is 0 Å². The van der Waals surface area contributed by atoms with E-state index in [0.29, 0.717) is 30.4 Å². The molecule has 0 aliphatic carbocycles. The highest BCUT2D eigenvalue weighted by molar-refractivity contribution is 5.97. The van der Waals surface area contributed by atoms with Crippen molar-refractivity contribution >= 4 is 17.6 Å². The number of amides is 3. The lowest BCUT2D eigenvalue weighted by Crippen LogP contribution is -2.53. The third-order valence-corrected chi connectivity index (χ3v) is 5.17. The maximum absolute atomic E-state index is 12.6. The molecule has 0 saturated carbocycles. The first-order chi connectivity index (χ1) is 13.3. The molecule has 0 spiro atoms. The van der Waals surface area contributed by atoms with Crippen molar-refractivity contribution in [2.45, 2.75) is 45.2 Å². The van der Waals surface area contributed by atoms with E-state index >= 15 is 0 Å². The molecule has 2 fully saturated rings. The van der Waals surface area contributed by atoms with Crippen molar-refractivity contribution in [2.24, 2.45) is 0 Å². The van der Waals surface area contributed by atoms with Gasteiger partial charge < -0.3 is 20.3 Å². The van der Waals surface area contributed by atoms with Crippen LogP contribution in [0.3, 0.4) is 0 Å². The van der Waals surface area contributed by atoms with E-state index in [2.05, 4.69) is 15.5 Å². The van der Waals surface area contributed by atoms with Crippen LogP contribution >= 0.6 is 0 Å².